The second kappa shape index (κ2) is 2.64. The molecule has 0 radical (unpaired) electrons. The fourth-order valence-electron chi connectivity index (χ4n) is 1.14. The smallest absolute Gasteiger partial charge is 0.231 e. The Labute approximate surface area is 68.3 Å². The number of halogens is 1. The summed E-state index contributed by atoms with van der Waals surface area (Å²) in [4.78, 5) is 0. The van der Waals surface area contributed by atoms with Gasteiger partial charge in [-0.1, -0.05) is 0 Å². The van der Waals surface area contributed by atoms with E-state index in [9.17, 15) is 4.39 Å². The first-order valence-corrected chi connectivity index (χ1v) is 3.51. The van der Waals surface area contributed by atoms with Crippen LogP contribution in [0.25, 0.3) is 0 Å². The Hall–Kier alpha value is -1.29. The number of ether oxygens (including phenoxy) is 2. The SMILES string of the molecule is OCc1ccc(F)c2c1OCO2. The number of fused-ring (bicyclic) bond motifs is 1. The maximum absolute atomic E-state index is 12.9. The van der Waals surface area contributed by atoms with Gasteiger partial charge < -0.3 is 14.6 Å². The van der Waals surface area contributed by atoms with E-state index in [4.69, 9.17) is 14.6 Å². The van der Waals surface area contributed by atoms with Gasteiger partial charge in [0.25, 0.3) is 0 Å². The highest BCUT2D eigenvalue weighted by Gasteiger charge is 2.21. The number of aliphatic hydroxyl groups is 1. The van der Waals surface area contributed by atoms with Crippen LogP contribution >= 0.6 is 0 Å². The maximum atomic E-state index is 12.9. The van der Waals surface area contributed by atoms with Crippen LogP contribution in [0.4, 0.5) is 4.39 Å². The van der Waals surface area contributed by atoms with E-state index in [2.05, 4.69) is 0 Å². The molecule has 0 amide bonds. The molecule has 2 rings (SSSR count). The molecule has 4 heteroatoms. The molecule has 0 spiro atoms. The van der Waals surface area contributed by atoms with Crippen molar-refractivity contribution in [2.45, 2.75) is 6.61 Å². The predicted molar refractivity (Wildman–Crippen MR) is 38.4 cm³/mol. The normalized spacial score (nSPS) is 13.5. The Morgan fingerprint density at radius 3 is 2.83 bits per heavy atom. The first-order valence-electron chi connectivity index (χ1n) is 3.51. The van der Waals surface area contributed by atoms with Crippen molar-refractivity contribution >= 4 is 0 Å². The topological polar surface area (TPSA) is 38.7 Å². The Bertz CT molecular complexity index is 311. The van der Waals surface area contributed by atoms with Gasteiger partial charge in [0.1, 0.15) is 0 Å². The second-order valence-corrected chi connectivity index (χ2v) is 2.43. The zero-order valence-electron chi connectivity index (χ0n) is 6.21. The molecule has 1 aliphatic heterocycles. The molecule has 3 nitrogen and oxygen atoms in total. The molecular formula is C8H7FO3. The van der Waals surface area contributed by atoms with Gasteiger partial charge in [-0.2, -0.15) is 0 Å². The molecule has 64 valence electrons. The van der Waals surface area contributed by atoms with Crippen LogP contribution in [0.5, 0.6) is 11.5 Å². The van der Waals surface area contributed by atoms with Crippen molar-refractivity contribution in [2.24, 2.45) is 0 Å². The minimum atomic E-state index is -0.459. The lowest BCUT2D eigenvalue weighted by atomic mass is 10.2. The van der Waals surface area contributed by atoms with Crippen LogP contribution < -0.4 is 9.47 Å². The molecule has 1 aliphatic rings. The molecule has 0 fully saturated rings. The molecule has 12 heavy (non-hydrogen) atoms. The van der Waals surface area contributed by atoms with Gasteiger partial charge in [0.2, 0.25) is 12.5 Å². The Morgan fingerprint density at radius 1 is 1.33 bits per heavy atom. The summed E-state index contributed by atoms with van der Waals surface area (Å²) in [6, 6.07) is 2.72. The van der Waals surface area contributed by atoms with Crippen molar-refractivity contribution in [3.05, 3.63) is 23.5 Å². The zero-order chi connectivity index (χ0) is 8.55. The minimum Gasteiger partial charge on any atom is -0.453 e. The quantitative estimate of drug-likeness (QED) is 0.684. The van der Waals surface area contributed by atoms with Crippen molar-refractivity contribution in [3.63, 3.8) is 0 Å². The summed E-state index contributed by atoms with van der Waals surface area (Å²) < 4.78 is 22.8. The van der Waals surface area contributed by atoms with Gasteiger partial charge in [0.15, 0.2) is 11.6 Å². The van der Waals surface area contributed by atoms with Crippen LogP contribution in [0.1, 0.15) is 5.56 Å². The van der Waals surface area contributed by atoms with Crippen molar-refractivity contribution in [1.29, 1.82) is 0 Å². The van der Waals surface area contributed by atoms with E-state index in [-0.39, 0.29) is 19.1 Å². The Kier molecular flexibility index (Phi) is 1.62. The summed E-state index contributed by atoms with van der Waals surface area (Å²) in [6.07, 6.45) is 0. The van der Waals surface area contributed by atoms with E-state index >= 15 is 0 Å². The second-order valence-electron chi connectivity index (χ2n) is 2.43. The van der Waals surface area contributed by atoms with Crippen LogP contribution in [0.15, 0.2) is 12.1 Å². The number of rotatable bonds is 1. The van der Waals surface area contributed by atoms with Gasteiger partial charge in [0.05, 0.1) is 6.61 Å². The summed E-state index contributed by atoms with van der Waals surface area (Å²) in [7, 11) is 0. The van der Waals surface area contributed by atoms with E-state index < -0.39 is 5.82 Å². The maximum Gasteiger partial charge on any atom is 0.231 e. The molecule has 1 heterocycles. The van der Waals surface area contributed by atoms with Crippen LogP contribution in [0.3, 0.4) is 0 Å². The molecular weight excluding hydrogens is 163 g/mol. The molecule has 0 aromatic heterocycles. The third-order valence-electron chi connectivity index (χ3n) is 1.72. The van der Waals surface area contributed by atoms with Crippen LogP contribution in [0, 0.1) is 5.82 Å². The van der Waals surface area contributed by atoms with Gasteiger partial charge in [0, 0.05) is 5.56 Å². The molecule has 1 N–H and O–H groups in total. The monoisotopic (exact) mass is 170 g/mol. The average Bonchev–Trinajstić information content (AvgIpc) is 2.54. The molecule has 0 aliphatic carbocycles. The number of aliphatic hydroxyl groups excluding tert-OH is 1. The summed E-state index contributed by atoms with van der Waals surface area (Å²) in [6.45, 7) is -0.158. The molecule has 0 atom stereocenters. The lowest BCUT2D eigenvalue weighted by molar-refractivity contribution is 0.168. The van der Waals surface area contributed by atoms with Crippen LogP contribution in [0.2, 0.25) is 0 Å². The van der Waals surface area contributed by atoms with Gasteiger partial charge in [-0.05, 0) is 12.1 Å². The van der Waals surface area contributed by atoms with E-state index in [0.717, 1.165) is 0 Å². The first-order chi connectivity index (χ1) is 5.83. The summed E-state index contributed by atoms with van der Waals surface area (Å²) >= 11 is 0. The molecule has 1 aromatic rings. The van der Waals surface area contributed by atoms with E-state index in [0.29, 0.717) is 11.3 Å². The Balaban J connectivity index is 2.57. The average molecular weight is 170 g/mol. The van der Waals surface area contributed by atoms with Gasteiger partial charge in [-0.15, -0.1) is 0 Å². The van der Waals surface area contributed by atoms with Crippen molar-refractivity contribution in [2.75, 3.05) is 6.79 Å². The van der Waals surface area contributed by atoms with Crippen molar-refractivity contribution < 1.29 is 19.0 Å². The standard InChI is InChI=1S/C8H7FO3/c9-6-2-1-5(3-10)7-8(6)12-4-11-7/h1-2,10H,3-4H2. The fraction of sp³-hybridized carbons (Fsp3) is 0.250. The fourth-order valence-corrected chi connectivity index (χ4v) is 1.14. The lowest BCUT2D eigenvalue weighted by Crippen LogP contribution is -1.94. The van der Waals surface area contributed by atoms with Crippen LogP contribution in [-0.4, -0.2) is 11.9 Å². The summed E-state index contributed by atoms with van der Waals surface area (Å²) in [5, 5.41) is 8.83. The molecule has 0 saturated carbocycles. The highest BCUT2D eigenvalue weighted by atomic mass is 19.1. The van der Waals surface area contributed by atoms with E-state index in [1.54, 1.807) is 0 Å². The molecule has 1 aromatic carbocycles. The number of hydrogen-bond acceptors (Lipinski definition) is 3. The highest BCUT2D eigenvalue weighted by Crippen LogP contribution is 2.37. The molecule has 0 bridgehead atoms. The van der Waals surface area contributed by atoms with Gasteiger partial charge in [-0.25, -0.2) is 4.39 Å². The predicted octanol–water partition coefficient (Wildman–Crippen LogP) is 1.05. The van der Waals surface area contributed by atoms with Crippen molar-refractivity contribution in [3.8, 4) is 11.5 Å². The third-order valence-corrected chi connectivity index (χ3v) is 1.72. The first kappa shape index (κ1) is 7.36. The largest absolute Gasteiger partial charge is 0.453 e. The van der Waals surface area contributed by atoms with Crippen molar-refractivity contribution in [1.82, 2.24) is 0 Å². The molecule has 0 unspecified atom stereocenters. The number of hydrogen-bond donors (Lipinski definition) is 1. The lowest BCUT2D eigenvalue weighted by Gasteiger charge is -2.01. The highest BCUT2D eigenvalue weighted by molar-refractivity contribution is 5.48. The van der Waals surface area contributed by atoms with Crippen LogP contribution in [-0.2, 0) is 6.61 Å². The Morgan fingerprint density at radius 2 is 2.08 bits per heavy atom. The molecule has 0 saturated heterocycles. The summed E-state index contributed by atoms with van der Waals surface area (Å²) in [5.74, 6) is -0.0428. The van der Waals surface area contributed by atoms with E-state index in [1.165, 1.54) is 12.1 Å². The third kappa shape index (κ3) is 0.921. The van der Waals surface area contributed by atoms with E-state index in [1.807, 2.05) is 0 Å². The summed E-state index contributed by atoms with van der Waals surface area (Å²) in [5.41, 5.74) is 0.545. The zero-order valence-corrected chi connectivity index (χ0v) is 6.21. The minimum absolute atomic E-state index is 0.0171. The van der Waals surface area contributed by atoms with Gasteiger partial charge in [-0.3, -0.25) is 0 Å². The van der Waals surface area contributed by atoms with Gasteiger partial charge >= 0.3 is 0 Å². The number of benzene rings is 1.